The minimum atomic E-state index is -0.539. The fraction of sp³-hybridized carbons (Fsp3) is 0.273. The third kappa shape index (κ3) is 2.21. The van der Waals surface area contributed by atoms with Gasteiger partial charge in [0.2, 0.25) is 0 Å². The van der Waals surface area contributed by atoms with Crippen LogP contribution in [0, 0.1) is 0 Å². The van der Waals surface area contributed by atoms with Crippen molar-refractivity contribution < 1.29 is 9.53 Å². The lowest BCUT2D eigenvalue weighted by molar-refractivity contribution is 0.0596. The summed E-state index contributed by atoms with van der Waals surface area (Å²) in [5.74, 6) is -0.249. The van der Waals surface area contributed by atoms with Crippen LogP contribution in [0.5, 0.6) is 0 Å². The number of nitrogen functional groups attached to an aromatic ring is 1. The van der Waals surface area contributed by atoms with Crippen LogP contribution in [0.1, 0.15) is 28.3 Å². The first-order chi connectivity index (χ1) is 8.54. The number of hydrogen-bond acceptors (Lipinski definition) is 5. The van der Waals surface area contributed by atoms with Gasteiger partial charge >= 0.3 is 5.97 Å². The molecule has 2 N–H and O–H groups in total. The highest BCUT2D eigenvalue weighted by Crippen LogP contribution is 2.31. The highest BCUT2D eigenvalue weighted by Gasteiger charge is 2.20. The van der Waals surface area contributed by atoms with Crippen LogP contribution in [0.4, 0.5) is 5.82 Å². The molecule has 2 aromatic rings. The summed E-state index contributed by atoms with van der Waals surface area (Å²) in [5.41, 5.74) is 6.03. The molecule has 0 aromatic carbocycles. The van der Waals surface area contributed by atoms with Gasteiger partial charge in [-0.3, -0.25) is 0 Å². The number of halogens is 1. The molecule has 0 saturated heterocycles. The first-order valence-corrected chi connectivity index (χ1v) is 6.40. The smallest absolute Gasteiger partial charge is 0.360 e. The van der Waals surface area contributed by atoms with Crippen molar-refractivity contribution in [3.05, 3.63) is 33.4 Å². The van der Waals surface area contributed by atoms with Crippen molar-refractivity contribution in [1.82, 2.24) is 9.55 Å². The van der Waals surface area contributed by atoms with E-state index in [0.29, 0.717) is 10.2 Å². The monoisotopic (exact) mass is 285 g/mol. The Morgan fingerprint density at radius 1 is 1.61 bits per heavy atom. The standard InChI is InChI=1S/C11H12ClN3O2S/c1-6(7-3-4-8(12)18-7)15-5-14-9(10(15)13)11(16)17-2/h3-6H,13H2,1-2H3. The van der Waals surface area contributed by atoms with Crippen LogP contribution in [0.15, 0.2) is 18.5 Å². The molecule has 7 heteroatoms. The minimum absolute atomic E-state index is 0.0339. The van der Waals surface area contributed by atoms with Crippen LogP contribution in [-0.2, 0) is 4.74 Å². The normalized spacial score (nSPS) is 12.4. The fourth-order valence-electron chi connectivity index (χ4n) is 1.62. The molecule has 0 aliphatic heterocycles. The molecule has 0 aliphatic rings. The first kappa shape index (κ1) is 12.9. The van der Waals surface area contributed by atoms with Gasteiger partial charge in [0.25, 0.3) is 0 Å². The van der Waals surface area contributed by atoms with Gasteiger partial charge in [-0.1, -0.05) is 11.6 Å². The maximum atomic E-state index is 11.4. The van der Waals surface area contributed by atoms with Crippen molar-refractivity contribution in [2.75, 3.05) is 12.8 Å². The second kappa shape index (κ2) is 4.99. The third-order valence-electron chi connectivity index (χ3n) is 2.63. The molecule has 18 heavy (non-hydrogen) atoms. The van der Waals surface area contributed by atoms with E-state index in [9.17, 15) is 4.79 Å². The van der Waals surface area contributed by atoms with E-state index >= 15 is 0 Å². The van der Waals surface area contributed by atoms with E-state index in [1.54, 1.807) is 4.57 Å². The van der Waals surface area contributed by atoms with Gasteiger partial charge in [0.15, 0.2) is 5.69 Å². The molecule has 96 valence electrons. The topological polar surface area (TPSA) is 70.1 Å². The predicted molar refractivity (Wildman–Crippen MR) is 71.1 cm³/mol. The summed E-state index contributed by atoms with van der Waals surface area (Å²) >= 11 is 7.37. The highest BCUT2D eigenvalue weighted by molar-refractivity contribution is 7.16. The zero-order chi connectivity index (χ0) is 13.3. The number of imidazole rings is 1. The molecule has 0 radical (unpaired) electrons. The number of carbonyl (C=O) groups excluding carboxylic acids is 1. The maximum absolute atomic E-state index is 11.4. The number of nitrogens with two attached hydrogens (primary N) is 1. The van der Waals surface area contributed by atoms with Gasteiger partial charge in [-0.2, -0.15) is 0 Å². The molecule has 0 fully saturated rings. The lowest BCUT2D eigenvalue weighted by Gasteiger charge is -2.13. The van der Waals surface area contributed by atoms with E-state index < -0.39 is 5.97 Å². The number of methoxy groups -OCH3 is 1. The number of thiophene rings is 1. The molecule has 5 nitrogen and oxygen atoms in total. The Morgan fingerprint density at radius 2 is 2.33 bits per heavy atom. The molecule has 0 aliphatic carbocycles. The Hall–Kier alpha value is -1.53. The first-order valence-electron chi connectivity index (χ1n) is 5.20. The summed E-state index contributed by atoms with van der Waals surface area (Å²) in [4.78, 5) is 16.4. The average Bonchev–Trinajstić information content (AvgIpc) is 2.94. The van der Waals surface area contributed by atoms with Crippen LogP contribution in [-0.4, -0.2) is 22.6 Å². The number of nitrogens with zero attached hydrogens (tertiary/aromatic N) is 2. The average molecular weight is 286 g/mol. The number of aromatic nitrogens is 2. The number of ether oxygens (including phenoxy) is 1. The maximum Gasteiger partial charge on any atom is 0.360 e. The minimum Gasteiger partial charge on any atom is -0.464 e. The molecule has 0 bridgehead atoms. The molecule has 0 amide bonds. The quantitative estimate of drug-likeness (QED) is 0.880. The lowest BCUT2D eigenvalue weighted by atomic mass is 10.2. The zero-order valence-electron chi connectivity index (χ0n) is 9.88. The SMILES string of the molecule is COC(=O)c1ncn(C(C)c2ccc(Cl)s2)c1N. The zero-order valence-corrected chi connectivity index (χ0v) is 11.5. The van der Waals surface area contributed by atoms with Gasteiger partial charge in [0.05, 0.1) is 23.8 Å². The van der Waals surface area contributed by atoms with E-state index in [4.69, 9.17) is 17.3 Å². The second-order valence-electron chi connectivity index (χ2n) is 3.70. The van der Waals surface area contributed by atoms with Gasteiger partial charge in [0.1, 0.15) is 5.82 Å². The summed E-state index contributed by atoms with van der Waals surface area (Å²) in [6.07, 6.45) is 1.53. The second-order valence-corrected chi connectivity index (χ2v) is 5.44. The summed E-state index contributed by atoms with van der Waals surface area (Å²) in [7, 11) is 1.29. The molecular weight excluding hydrogens is 274 g/mol. The number of anilines is 1. The van der Waals surface area contributed by atoms with Gasteiger partial charge in [-0.15, -0.1) is 11.3 Å². The molecule has 1 atom stereocenters. The molecule has 0 spiro atoms. The predicted octanol–water partition coefficient (Wildman–Crippen LogP) is 2.58. The van der Waals surface area contributed by atoms with E-state index in [2.05, 4.69) is 9.72 Å². The Bertz CT molecular complexity index is 579. The van der Waals surface area contributed by atoms with Crippen molar-refractivity contribution >= 4 is 34.7 Å². The number of esters is 1. The fourth-order valence-corrected chi connectivity index (χ4v) is 2.73. The lowest BCUT2D eigenvalue weighted by Crippen LogP contribution is -2.11. The van der Waals surface area contributed by atoms with Crippen LogP contribution >= 0.6 is 22.9 Å². The van der Waals surface area contributed by atoms with Gasteiger partial charge < -0.3 is 15.0 Å². The van der Waals surface area contributed by atoms with Crippen LogP contribution < -0.4 is 5.73 Å². The van der Waals surface area contributed by atoms with Crippen molar-refractivity contribution in [1.29, 1.82) is 0 Å². The largest absolute Gasteiger partial charge is 0.464 e. The van der Waals surface area contributed by atoms with Gasteiger partial charge in [0, 0.05) is 4.88 Å². The van der Waals surface area contributed by atoms with E-state index in [-0.39, 0.29) is 11.7 Å². The summed E-state index contributed by atoms with van der Waals surface area (Å²) < 4.78 is 7.04. The number of carbonyl (C=O) groups is 1. The highest BCUT2D eigenvalue weighted by atomic mass is 35.5. The van der Waals surface area contributed by atoms with Crippen molar-refractivity contribution in [3.8, 4) is 0 Å². The Labute approximate surface area is 113 Å². The van der Waals surface area contributed by atoms with Crippen LogP contribution in [0.3, 0.4) is 0 Å². The Balaban J connectivity index is 2.34. The van der Waals surface area contributed by atoms with E-state index in [1.165, 1.54) is 24.8 Å². The van der Waals surface area contributed by atoms with Crippen molar-refractivity contribution in [2.24, 2.45) is 0 Å². The van der Waals surface area contributed by atoms with E-state index in [0.717, 1.165) is 4.88 Å². The van der Waals surface area contributed by atoms with Gasteiger partial charge in [-0.05, 0) is 19.1 Å². The molecule has 1 unspecified atom stereocenters. The Kier molecular flexibility index (Phi) is 3.58. The van der Waals surface area contributed by atoms with E-state index in [1.807, 2.05) is 19.1 Å². The Morgan fingerprint density at radius 3 is 2.89 bits per heavy atom. The summed E-state index contributed by atoms with van der Waals surface area (Å²) in [6, 6.07) is 3.72. The molecule has 2 rings (SSSR count). The van der Waals surface area contributed by atoms with Gasteiger partial charge in [-0.25, -0.2) is 9.78 Å². The summed E-state index contributed by atoms with van der Waals surface area (Å²) in [6.45, 7) is 1.96. The molecule has 0 saturated carbocycles. The third-order valence-corrected chi connectivity index (χ3v) is 4.04. The number of hydrogen-bond donors (Lipinski definition) is 1. The van der Waals surface area contributed by atoms with Crippen molar-refractivity contribution in [3.63, 3.8) is 0 Å². The van der Waals surface area contributed by atoms with Crippen molar-refractivity contribution in [2.45, 2.75) is 13.0 Å². The number of rotatable bonds is 3. The molecule has 2 heterocycles. The molecular formula is C11H12ClN3O2S. The van der Waals surface area contributed by atoms with Crippen LogP contribution in [0.2, 0.25) is 4.34 Å². The molecule has 2 aromatic heterocycles. The van der Waals surface area contributed by atoms with Crippen LogP contribution in [0.25, 0.3) is 0 Å². The summed E-state index contributed by atoms with van der Waals surface area (Å²) in [5, 5.41) is 0.